The van der Waals surface area contributed by atoms with Gasteiger partial charge in [0.1, 0.15) is 11.8 Å². The smallest absolute Gasteiger partial charge is 0.262 e. The Hall–Kier alpha value is -3.27. The van der Waals surface area contributed by atoms with Crippen molar-refractivity contribution in [1.29, 1.82) is 0 Å². The van der Waals surface area contributed by atoms with Crippen molar-refractivity contribution in [3.05, 3.63) is 86.3 Å². The van der Waals surface area contributed by atoms with Crippen molar-refractivity contribution < 1.29 is 23.8 Å². The number of amides is 2. The first-order chi connectivity index (χ1) is 19.2. The lowest BCUT2D eigenvalue weighted by atomic mass is 10.1. The molecule has 0 unspecified atom stereocenters. The normalized spacial score (nSPS) is 12.4. The van der Waals surface area contributed by atoms with Gasteiger partial charge in [0.15, 0.2) is 17.6 Å². The van der Waals surface area contributed by atoms with Crippen LogP contribution in [0.2, 0.25) is 10.0 Å². The first-order valence-corrected chi connectivity index (χ1v) is 14.1. The molecule has 3 aromatic carbocycles. The minimum Gasteiger partial charge on any atom is -0.490 e. The van der Waals surface area contributed by atoms with Crippen LogP contribution in [0.1, 0.15) is 31.9 Å². The molecule has 0 heterocycles. The lowest BCUT2D eigenvalue weighted by Crippen LogP contribution is -2.50. The maximum Gasteiger partial charge on any atom is 0.262 e. The number of carbonyl (C=O) groups excluding carboxylic acids is 2. The average molecular weight is 651 g/mol. The van der Waals surface area contributed by atoms with E-state index in [-0.39, 0.29) is 11.4 Å². The third-order valence-electron chi connectivity index (χ3n) is 5.49. The van der Waals surface area contributed by atoms with Gasteiger partial charge in [-0.1, -0.05) is 53.5 Å². The van der Waals surface area contributed by atoms with Gasteiger partial charge < -0.3 is 19.5 Å². The van der Waals surface area contributed by atoms with E-state index in [9.17, 15) is 9.59 Å². The lowest BCUT2D eigenvalue weighted by molar-refractivity contribution is -0.132. The van der Waals surface area contributed by atoms with Crippen molar-refractivity contribution in [2.75, 3.05) is 13.2 Å². The van der Waals surface area contributed by atoms with Gasteiger partial charge in [-0.2, -0.15) is 5.10 Å². The third kappa shape index (κ3) is 9.15. The summed E-state index contributed by atoms with van der Waals surface area (Å²) in [7, 11) is 0. The molecule has 40 heavy (non-hydrogen) atoms. The summed E-state index contributed by atoms with van der Waals surface area (Å²) in [6.07, 6.45) is 0.786. The molecule has 212 valence electrons. The molecule has 0 fully saturated rings. The molecule has 0 aromatic heterocycles. The highest BCUT2D eigenvalue weighted by Crippen LogP contribution is 2.36. The van der Waals surface area contributed by atoms with E-state index in [2.05, 4.69) is 31.8 Å². The molecule has 2 N–H and O–H groups in total. The van der Waals surface area contributed by atoms with Crippen molar-refractivity contribution in [2.45, 2.75) is 39.3 Å². The van der Waals surface area contributed by atoms with E-state index in [0.29, 0.717) is 45.5 Å². The molecule has 2 atom stereocenters. The summed E-state index contributed by atoms with van der Waals surface area (Å²) in [5.74, 6) is 0.446. The quantitative estimate of drug-likeness (QED) is 0.170. The van der Waals surface area contributed by atoms with Crippen LogP contribution in [-0.4, -0.2) is 43.4 Å². The van der Waals surface area contributed by atoms with Gasteiger partial charge in [0.25, 0.3) is 11.8 Å². The van der Waals surface area contributed by atoms with E-state index in [1.54, 1.807) is 31.2 Å². The Kier molecular flexibility index (Phi) is 12.1. The molecule has 0 bridgehead atoms. The zero-order valence-corrected chi connectivity index (χ0v) is 25.3. The number of benzene rings is 3. The van der Waals surface area contributed by atoms with Crippen molar-refractivity contribution in [3.63, 3.8) is 0 Å². The number of hydrogen-bond donors (Lipinski definition) is 2. The first-order valence-electron chi connectivity index (χ1n) is 12.6. The largest absolute Gasteiger partial charge is 0.490 e. The lowest BCUT2D eigenvalue weighted by Gasteiger charge is -2.21. The standard InChI is InChI=1S/C29H30BrCl2N3O5/c1-4-38-26-15-20(13-22(30)27(26)39-5-2)17-33-35-29(37)24(14-19-9-7-6-8-10-19)34-28(36)18(3)40-25-12-11-21(31)16-23(25)32/h6-13,15-18,24H,4-5,14H2,1-3H3,(H,34,36)(H,35,37)/b33-17-/t18-,24-/m1/s1. The summed E-state index contributed by atoms with van der Waals surface area (Å²) < 4.78 is 17.8. The fourth-order valence-corrected chi connectivity index (χ4v) is 4.65. The molecular formula is C29H30BrCl2N3O5. The summed E-state index contributed by atoms with van der Waals surface area (Å²) in [5, 5.41) is 7.58. The SMILES string of the molecule is CCOc1cc(/C=N\NC(=O)[C@@H](Cc2ccccc2)NC(=O)[C@@H](C)Oc2ccc(Cl)cc2Cl)cc(Br)c1OCC. The van der Waals surface area contributed by atoms with E-state index in [0.717, 1.165) is 5.56 Å². The molecule has 0 aliphatic rings. The minimum absolute atomic E-state index is 0.242. The maximum atomic E-state index is 13.2. The Morgan fingerprint density at radius 3 is 2.38 bits per heavy atom. The molecule has 0 saturated carbocycles. The van der Waals surface area contributed by atoms with Gasteiger partial charge in [0.05, 0.1) is 28.9 Å². The number of halogens is 3. The second-order valence-electron chi connectivity index (χ2n) is 8.52. The predicted octanol–water partition coefficient (Wildman–Crippen LogP) is 6.20. The molecule has 0 saturated heterocycles. The Morgan fingerprint density at radius 2 is 1.70 bits per heavy atom. The molecule has 3 rings (SSSR count). The van der Waals surface area contributed by atoms with E-state index in [1.165, 1.54) is 12.3 Å². The highest BCUT2D eigenvalue weighted by molar-refractivity contribution is 9.10. The molecule has 3 aromatic rings. The van der Waals surface area contributed by atoms with Crippen LogP contribution in [0, 0.1) is 0 Å². The van der Waals surface area contributed by atoms with E-state index < -0.39 is 24.0 Å². The number of hydrazone groups is 1. The van der Waals surface area contributed by atoms with Crippen LogP contribution in [0.5, 0.6) is 17.2 Å². The Balaban J connectivity index is 1.73. The number of nitrogens with zero attached hydrogens (tertiary/aromatic N) is 1. The Bertz CT molecular complexity index is 1340. The van der Waals surface area contributed by atoms with E-state index in [1.807, 2.05) is 44.2 Å². The second kappa shape index (κ2) is 15.5. The minimum atomic E-state index is -0.938. The summed E-state index contributed by atoms with van der Waals surface area (Å²) >= 11 is 15.6. The van der Waals surface area contributed by atoms with Crippen molar-refractivity contribution in [3.8, 4) is 17.2 Å². The van der Waals surface area contributed by atoms with E-state index in [4.69, 9.17) is 37.4 Å². The van der Waals surface area contributed by atoms with Crippen LogP contribution in [-0.2, 0) is 16.0 Å². The van der Waals surface area contributed by atoms with Crippen molar-refractivity contribution >= 4 is 57.2 Å². The topological polar surface area (TPSA) is 98.2 Å². The van der Waals surface area contributed by atoms with Crippen LogP contribution >= 0.6 is 39.1 Å². The molecule has 0 aliphatic carbocycles. The second-order valence-corrected chi connectivity index (χ2v) is 10.2. The summed E-state index contributed by atoms with van der Waals surface area (Å²) in [6, 6.07) is 16.7. The summed E-state index contributed by atoms with van der Waals surface area (Å²) in [4.78, 5) is 26.1. The van der Waals surface area contributed by atoms with Crippen LogP contribution in [0.3, 0.4) is 0 Å². The molecule has 8 nitrogen and oxygen atoms in total. The van der Waals surface area contributed by atoms with Gasteiger partial charge in [-0.25, -0.2) is 5.43 Å². The van der Waals surface area contributed by atoms with Gasteiger partial charge in [-0.15, -0.1) is 0 Å². The Morgan fingerprint density at radius 1 is 0.975 bits per heavy atom. The molecule has 2 amide bonds. The third-order valence-corrected chi connectivity index (χ3v) is 6.61. The van der Waals surface area contributed by atoms with Gasteiger partial charge in [-0.05, 0) is 78.2 Å². The number of nitrogens with one attached hydrogen (secondary N) is 2. The van der Waals surface area contributed by atoms with Crippen LogP contribution in [0.4, 0.5) is 0 Å². The fraction of sp³-hybridized carbons (Fsp3) is 0.276. The highest BCUT2D eigenvalue weighted by atomic mass is 79.9. The first kappa shape index (κ1) is 31.3. The highest BCUT2D eigenvalue weighted by Gasteiger charge is 2.25. The summed E-state index contributed by atoms with van der Waals surface area (Å²) in [5.41, 5.74) is 4.05. The van der Waals surface area contributed by atoms with Gasteiger partial charge in [0, 0.05) is 11.4 Å². The predicted molar refractivity (Wildman–Crippen MR) is 161 cm³/mol. The van der Waals surface area contributed by atoms with Crippen LogP contribution in [0.15, 0.2) is 70.2 Å². The van der Waals surface area contributed by atoms with E-state index >= 15 is 0 Å². The average Bonchev–Trinajstić information content (AvgIpc) is 2.92. The molecule has 0 radical (unpaired) electrons. The van der Waals surface area contributed by atoms with Gasteiger partial charge in [0.2, 0.25) is 0 Å². The van der Waals surface area contributed by atoms with Crippen LogP contribution < -0.4 is 25.0 Å². The molecular weight excluding hydrogens is 621 g/mol. The zero-order chi connectivity index (χ0) is 29.1. The number of hydrogen-bond acceptors (Lipinski definition) is 6. The van der Waals surface area contributed by atoms with Crippen LogP contribution in [0.25, 0.3) is 0 Å². The maximum absolute atomic E-state index is 13.2. The molecule has 11 heteroatoms. The van der Waals surface area contributed by atoms with Gasteiger partial charge in [-0.3, -0.25) is 9.59 Å². The monoisotopic (exact) mass is 649 g/mol. The number of carbonyl (C=O) groups is 2. The zero-order valence-electron chi connectivity index (χ0n) is 22.2. The Labute approximate surface area is 252 Å². The van der Waals surface area contributed by atoms with Gasteiger partial charge >= 0.3 is 0 Å². The van der Waals surface area contributed by atoms with Crippen molar-refractivity contribution in [2.24, 2.45) is 5.10 Å². The number of rotatable bonds is 13. The molecule has 0 spiro atoms. The number of ether oxygens (including phenoxy) is 3. The summed E-state index contributed by atoms with van der Waals surface area (Å²) in [6.45, 7) is 6.26. The fourth-order valence-electron chi connectivity index (χ4n) is 3.62. The van der Waals surface area contributed by atoms with Crippen molar-refractivity contribution in [1.82, 2.24) is 10.7 Å². The molecule has 0 aliphatic heterocycles.